The van der Waals surface area contributed by atoms with Crippen LogP contribution in [0.3, 0.4) is 0 Å². The van der Waals surface area contributed by atoms with Gasteiger partial charge in [0.05, 0.1) is 12.9 Å². The number of carbonyl (C=O) groups is 1. The van der Waals surface area contributed by atoms with Crippen molar-refractivity contribution < 1.29 is 13.9 Å². The molecular formula is C19H21FO2S. The summed E-state index contributed by atoms with van der Waals surface area (Å²) < 4.78 is 18.4. The topological polar surface area (TPSA) is 26.3 Å². The molecule has 4 heteroatoms. The van der Waals surface area contributed by atoms with Gasteiger partial charge in [-0.2, -0.15) is 11.8 Å². The van der Waals surface area contributed by atoms with Gasteiger partial charge in [0.1, 0.15) is 5.82 Å². The molecule has 0 amide bonds. The van der Waals surface area contributed by atoms with Crippen LogP contribution in [0.1, 0.15) is 24.8 Å². The molecule has 1 atom stereocenters. The van der Waals surface area contributed by atoms with Gasteiger partial charge in [0.25, 0.3) is 0 Å². The Bertz CT molecular complexity index is 640. The first-order valence-corrected chi connectivity index (χ1v) is 8.76. The fourth-order valence-corrected chi connectivity index (χ4v) is 3.28. The molecule has 0 spiro atoms. The van der Waals surface area contributed by atoms with Crippen molar-refractivity contribution in [1.29, 1.82) is 0 Å². The van der Waals surface area contributed by atoms with Gasteiger partial charge >= 0.3 is 5.97 Å². The first-order chi connectivity index (χ1) is 11.1. The van der Waals surface area contributed by atoms with Crippen molar-refractivity contribution in [2.24, 2.45) is 0 Å². The number of hydrogen-bond donors (Lipinski definition) is 0. The Labute approximate surface area is 141 Å². The average Bonchev–Trinajstić information content (AvgIpc) is 2.59. The smallest absolute Gasteiger partial charge is 0.315 e. The standard InChI is InChI=1S/C19H21FO2S/c1-14(11-12-23-13-19(21)22-2)15-7-9-16(10-8-15)17-5-3-4-6-18(17)20/h3-10,14H,11-13H2,1-2H3. The summed E-state index contributed by atoms with van der Waals surface area (Å²) in [5, 5.41) is 0. The number of rotatable bonds is 7. The van der Waals surface area contributed by atoms with E-state index in [-0.39, 0.29) is 11.8 Å². The highest BCUT2D eigenvalue weighted by atomic mass is 32.2. The summed E-state index contributed by atoms with van der Waals surface area (Å²) in [6.07, 6.45) is 0.987. The Hall–Kier alpha value is -1.81. The van der Waals surface area contributed by atoms with Crippen molar-refractivity contribution >= 4 is 17.7 Å². The van der Waals surface area contributed by atoms with Gasteiger partial charge in [-0.25, -0.2) is 4.39 Å². The molecule has 0 saturated carbocycles. The van der Waals surface area contributed by atoms with Gasteiger partial charge in [0.15, 0.2) is 0 Å². The van der Waals surface area contributed by atoms with Gasteiger partial charge in [-0.1, -0.05) is 49.4 Å². The van der Waals surface area contributed by atoms with E-state index in [1.165, 1.54) is 18.7 Å². The zero-order valence-corrected chi connectivity index (χ0v) is 14.2. The van der Waals surface area contributed by atoms with E-state index in [4.69, 9.17) is 0 Å². The minimum Gasteiger partial charge on any atom is -0.468 e. The third kappa shape index (κ3) is 5.10. The molecule has 122 valence electrons. The van der Waals surface area contributed by atoms with Crippen molar-refractivity contribution in [3.05, 3.63) is 59.9 Å². The van der Waals surface area contributed by atoms with Crippen molar-refractivity contribution in [3.63, 3.8) is 0 Å². The molecule has 23 heavy (non-hydrogen) atoms. The van der Waals surface area contributed by atoms with Gasteiger partial charge < -0.3 is 4.74 Å². The molecular weight excluding hydrogens is 311 g/mol. The van der Waals surface area contributed by atoms with Gasteiger partial charge in [-0.05, 0) is 35.3 Å². The third-order valence-electron chi connectivity index (χ3n) is 3.81. The molecule has 0 aliphatic heterocycles. The van der Waals surface area contributed by atoms with Crippen LogP contribution in [0.15, 0.2) is 48.5 Å². The zero-order valence-electron chi connectivity index (χ0n) is 13.4. The summed E-state index contributed by atoms with van der Waals surface area (Å²) in [6.45, 7) is 2.16. The number of ether oxygens (including phenoxy) is 1. The number of esters is 1. The molecule has 0 aromatic heterocycles. The number of thioether (sulfide) groups is 1. The Kier molecular flexibility index (Phi) is 6.66. The summed E-state index contributed by atoms with van der Waals surface area (Å²) in [6, 6.07) is 14.8. The lowest BCUT2D eigenvalue weighted by atomic mass is 9.96. The first kappa shape index (κ1) is 17.5. The van der Waals surface area contributed by atoms with E-state index >= 15 is 0 Å². The summed E-state index contributed by atoms with van der Waals surface area (Å²) in [7, 11) is 1.41. The predicted octanol–water partition coefficient (Wildman–Crippen LogP) is 4.89. The highest BCUT2D eigenvalue weighted by molar-refractivity contribution is 7.99. The number of methoxy groups -OCH3 is 1. The largest absolute Gasteiger partial charge is 0.468 e. The summed E-state index contributed by atoms with van der Waals surface area (Å²) in [5.41, 5.74) is 2.74. The van der Waals surface area contributed by atoms with E-state index in [0.717, 1.165) is 17.7 Å². The molecule has 0 aliphatic rings. The molecule has 2 aromatic rings. The van der Waals surface area contributed by atoms with E-state index in [0.29, 0.717) is 17.2 Å². The van der Waals surface area contributed by atoms with Crippen molar-refractivity contribution in [2.45, 2.75) is 19.3 Å². The highest BCUT2D eigenvalue weighted by Crippen LogP contribution is 2.26. The average molecular weight is 332 g/mol. The van der Waals surface area contributed by atoms with E-state index in [2.05, 4.69) is 23.8 Å². The number of hydrogen-bond acceptors (Lipinski definition) is 3. The maximum atomic E-state index is 13.8. The number of carbonyl (C=O) groups excluding carboxylic acids is 1. The molecule has 2 nitrogen and oxygen atoms in total. The maximum absolute atomic E-state index is 13.8. The molecule has 0 N–H and O–H groups in total. The van der Waals surface area contributed by atoms with Crippen LogP contribution in [-0.4, -0.2) is 24.6 Å². The van der Waals surface area contributed by atoms with Gasteiger partial charge in [0.2, 0.25) is 0 Å². The van der Waals surface area contributed by atoms with Crippen LogP contribution < -0.4 is 0 Å². The molecule has 0 bridgehead atoms. The van der Waals surface area contributed by atoms with Crippen LogP contribution in [0.2, 0.25) is 0 Å². The first-order valence-electron chi connectivity index (χ1n) is 7.61. The summed E-state index contributed by atoms with van der Waals surface area (Å²) >= 11 is 1.59. The lowest BCUT2D eigenvalue weighted by Gasteiger charge is -2.12. The second-order valence-electron chi connectivity index (χ2n) is 5.42. The van der Waals surface area contributed by atoms with Crippen LogP contribution in [0.5, 0.6) is 0 Å². The lowest BCUT2D eigenvalue weighted by Crippen LogP contribution is -2.04. The Morgan fingerprint density at radius 2 is 1.87 bits per heavy atom. The van der Waals surface area contributed by atoms with E-state index in [1.54, 1.807) is 23.9 Å². The number of halogens is 1. The second-order valence-corrected chi connectivity index (χ2v) is 6.53. The van der Waals surface area contributed by atoms with E-state index in [9.17, 15) is 9.18 Å². The van der Waals surface area contributed by atoms with Crippen molar-refractivity contribution in [2.75, 3.05) is 18.6 Å². The molecule has 0 heterocycles. The maximum Gasteiger partial charge on any atom is 0.315 e. The van der Waals surface area contributed by atoms with E-state index in [1.807, 2.05) is 18.2 Å². The Balaban J connectivity index is 1.91. The van der Waals surface area contributed by atoms with Crippen LogP contribution in [0, 0.1) is 5.82 Å². The van der Waals surface area contributed by atoms with Gasteiger partial charge in [0, 0.05) is 5.56 Å². The normalized spacial score (nSPS) is 12.0. The van der Waals surface area contributed by atoms with Crippen LogP contribution >= 0.6 is 11.8 Å². The predicted molar refractivity (Wildman–Crippen MR) is 94.2 cm³/mol. The molecule has 0 radical (unpaired) electrons. The highest BCUT2D eigenvalue weighted by Gasteiger charge is 2.08. The van der Waals surface area contributed by atoms with Gasteiger partial charge in [-0.15, -0.1) is 0 Å². The fourth-order valence-electron chi connectivity index (χ4n) is 2.33. The minimum atomic E-state index is -0.201. The van der Waals surface area contributed by atoms with Crippen LogP contribution in [0.4, 0.5) is 4.39 Å². The Morgan fingerprint density at radius 3 is 2.52 bits per heavy atom. The monoisotopic (exact) mass is 332 g/mol. The summed E-state index contributed by atoms with van der Waals surface area (Å²) in [5.74, 6) is 1.32. The van der Waals surface area contributed by atoms with E-state index < -0.39 is 0 Å². The molecule has 2 rings (SSSR count). The molecule has 0 saturated heterocycles. The lowest BCUT2D eigenvalue weighted by molar-refractivity contribution is -0.137. The van der Waals surface area contributed by atoms with Crippen LogP contribution in [0.25, 0.3) is 11.1 Å². The fraction of sp³-hybridized carbons (Fsp3) is 0.316. The number of benzene rings is 2. The Morgan fingerprint density at radius 1 is 1.17 bits per heavy atom. The molecule has 0 fully saturated rings. The van der Waals surface area contributed by atoms with Crippen LogP contribution in [-0.2, 0) is 9.53 Å². The molecule has 1 unspecified atom stereocenters. The minimum absolute atomic E-state index is 0.183. The van der Waals surface area contributed by atoms with Gasteiger partial charge in [-0.3, -0.25) is 4.79 Å². The SMILES string of the molecule is COC(=O)CSCCC(C)c1ccc(-c2ccccc2F)cc1. The summed E-state index contributed by atoms with van der Waals surface area (Å²) in [4.78, 5) is 11.1. The van der Waals surface area contributed by atoms with Crippen molar-refractivity contribution in [1.82, 2.24) is 0 Å². The quantitative estimate of drug-likeness (QED) is 0.533. The second kappa shape index (κ2) is 8.73. The van der Waals surface area contributed by atoms with Crippen molar-refractivity contribution in [3.8, 4) is 11.1 Å². The molecule has 0 aliphatic carbocycles. The zero-order chi connectivity index (χ0) is 16.7. The third-order valence-corrected chi connectivity index (χ3v) is 4.77. The molecule has 2 aromatic carbocycles.